The van der Waals surface area contributed by atoms with E-state index in [-0.39, 0.29) is 42.6 Å². The average Bonchev–Trinajstić information content (AvgIpc) is 3.17. The van der Waals surface area contributed by atoms with Crippen molar-refractivity contribution in [3.63, 3.8) is 0 Å². The van der Waals surface area contributed by atoms with Gasteiger partial charge in [0.15, 0.2) is 0 Å². The molecule has 1 aliphatic heterocycles. The van der Waals surface area contributed by atoms with Gasteiger partial charge in [0.2, 0.25) is 21.8 Å². The van der Waals surface area contributed by atoms with Crippen LogP contribution in [0.25, 0.3) is 0 Å². The number of aryl methyl sites for hydroxylation is 2. The van der Waals surface area contributed by atoms with Crippen LogP contribution in [0.4, 0.5) is 0 Å². The molecule has 1 aliphatic rings. The molecule has 3 rings (SSSR count). The van der Waals surface area contributed by atoms with Gasteiger partial charge in [-0.2, -0.15) is 0 Å². The van der Waals surface area contributed by atoms with Crippen LogP contribution in [-0.2, 0) is 32.6 Å². The van der Waals surface area contributed by atoms with Gasteiger partial charge in [0.1, 0.15) is 0 Å². The van der Waals surface area contributed by atoms with E-state index in [1.54, 1.807) is 29.5 Å². The van der Waals surface area contributed by atoms with Crippen molar-refractivity contribution in [3.8, 4) is 0 Å². The van der Waals surface area contributed by atoms with Crippen LogP contribution in [0.3, 0.4) is 0 Å². The molecule has 0 atom stereocenters. The summed E-state index contributed by atoms with van der Waals surface area (Å²) in [5, 5.41) is 4.74. The number of nitrogens with zero attached hydrogens (tertiary/aromatic N) is 1. The van der Waals surface area contributed by atoms with Crippen molar-refractivity contribution in [2.75, 3.05) is 19.6 Å². The Kier molecular flexibility index (Phi) is 7.27. The van der Waals surface area contributed by atoms with E-state index in [1.807, 2.05) is 24.1 Å². The Morgan fingerprint density at radius 1 is 1.10 bits per heavy atom. The smallest absolute Gasteiger partial charge is 0.240 e. The molecule has 30 heavy (non-hydrogen) atoms. The van der Waals surface area contributed by atoms with E-state index in [9.17, 15) is 18.0 Å². The summed E-state index contributed by atoms with van der Waals surface area (Å²) in [7, 11) is -3.65. The zero-order valence-electron chi connectivity index (χ0n) is 17.2. The quantitative estimate of drug-likeness (QED) is 0.645. The van der Waals surface area contributed by atoms with Crippen LogP contribution in [0, 0.1) is 13.8 Å². The van der Waals surface area contributed by atoms with Crippen molar-refractivity contribution >= 4 is 33.2 Å². The van der Waals surface area contributed by atoms with Gasteiger partial charge in [-0.15, -0.1) is 11.3 Å². The van der Waals surface area contributed by atoms with Crippen LogP contribution in [0.2, 0.25) is 0 Å². The molecule has 2 heterocycles. The third-order valence-electron chi connectivity index (χ3n) is 5.25. The van der Waals surface area contributed by atoms with Crippen molar-refractivity contribution < 1.29 is 18.0 Å². The lowest BCUT2D eigenvalue weighted by Crippen LogP contribution is -2.38. The molecular weight excluding hydrogens is 422 g/mol. The van der Waals surface area contributed by atoms with E-state index in [1.165, 1.54) is 10.4 Å². The van der Waals surface area contributed by atoms with E-state index in [2.05, 4.69) is 16.1 Å². The van der Waals surface area contributed by atoms with Gasteiger partial charge in [-0.1, -0.05) is 6.07 Å². The van der Waals surface area contributed by atoms with Crippen molar-refractivity contribution in [2.24, 2.45) is 0 Å². The van der Waals surface area contributed by atoms with E-state index >= 15 is 0 Å². The third-order valence-corrected chi connectivity index (χ3v) is 7.74. The Bertz CT molecular complexity index is 1030. The molecule has 0 radical (unpaired) electrons. The summed E-state index contributed by atoms with van der Waals surface area (Å²) >= 11 is 1.73. The Hall–Kier alpha value is -2.23. The standard InChI is InChI=1S/C21H27N3O4S2/c1-15-3-4-18(13-16(15)2)30(27,28)23-10-5-20(25)22-9-6-21(26)24-11-7-19-17(14-24)8-12-29-19/h3-4,8,12-13,23H,5-7,9-11,14H2,1-2H3,(H,22,25). The van der Waals surface area contributed by atoms with Gasteiger partial charge in [0.25, 0.3) is 0 Å². The summed E-state index contributed by atoms with van der Waals surface area (Å²) in [6.07, 6.45) is 1.13. The first-order valence-electron chi connectivity index (χ1n) is 9.93. The van der Waals surface area contributed by atoms with Crippen molar-refractivity contribution in [1.82, 2.24) is 14.9 Å². The first-order chi connectivity index (χ1) is 14.3. The molecule has 0 saturated carbocycles. The van der Waals surface area contributed by atoms with E-state index < -0.39 is 10.0 Å². The fourth-order valence-corrected chi connectivity index (χ4v) is 5.29. The minimum absolute atomic E-state index is 0.00208. The summed E-state index contributed by atoms with van der Waals surface area (Å²) in [5.41, 5.74) is 3.12. The van der Waals surface area contributed by atoms with E-state index in [0.29, 0.717) is 13.1 Å². The Labute approximate surface area is 181 Å². The summed E-state index contributed by atoms with van der Waals surface area (Å²) in [5.74, 6) is -0.271. The molecule has 9 heteroatoms. The van der Waals surface area contributed by atoms with Crippen LogP contribution >= 0.6 is 11.3 Å². The number of hydrogen-bond acceptors (Lipinski definition) is 5. The van der Waals surface area contributed by atoms with Gasteiger partial charge in [0.05, 0.1) is 4.90 Å². The van der Waals surface area contributed by atoms with Gasteiger partial charge >= 0.3 is 0 Å². The topological polar surface area (TPSA) is 95.6 Å². The largest absolute Gasteiger partial charge is 0.356 e. The molecule has 0 fully saturated rings. The Morgan fingerprint density at radius 3 is 2.67 bits per heavy atom. The number of carbonyl (C=O) groups is 2. The molecular formula is C21H27N3O4S2. The number of rotatable bonds is 8. The number of amides is 2. The molecule has 2 amide bonds. The van der Waals surface area contributed by atoms with Crippen molar-refractivity contribution in [3.05, 3.63) is 51.2 Å². The molecule has 7 nitrogen and oxygen atoms in total. The summed E-state index contributed by atoms with van der Waals surface area (Å²) in [4.78, 5) is 27.7. The normalized spacial score (nSPS) is 13.7. The second-order valence-electron chi connectivity index (χ2n) is 7.43. The van der Waals surface area contributed by atoms with Gasteiger partial charge in [0, 0.05) is 43.9 Å². The third kappa shape index (κ3) is 5.68. The number of fused-ring (bicyclic) bond motifs is 1. The molecule has 1 aromatic carbocycles. The highest BCUT2D eigenvalue weighted by atomic mass is 32.2. The highest BCUT2D eigenvalue weighted by molar-refractivity contribution is 7.89. The fraction of sp³-hybridized carbons (Fsp3) is 0.429. The lowest BCUT2D eigenvalue weighted by atomic mass is 10.1. The van der Waals surface area contributed by atoms with Crippen molar-refractivity contribution in [2.45, 2.75) is 44.6 Å². The number of benzene rings is 1. The predicted octanol–water partition coefficient (Wildman–Crippen LogP) is 2.12. The van der Waals surface area contributed by atoms with Crippen molar-refractivity contribution in [1.29, 1.82) is 0 Å². The highest BCUT2D eigenvalue weighted by Gasteiger charge is 2.21. The van der Waals surface area contributed by atoms with Crippen LogP contribution in [-0.4, -0.2) is 44.8 Å². The number of hydrogen-bond donors (Lipinski definition) is 2. The zero-order chi connectivity index (χ0) is 21.7. The van der Waals surface area contributed by atoms with Gasteiger partial charge in [-0.05, 0) is 60.5 Å². The molecule has 1 aromatic heterocycles. The lowest BCUT2D eigenvalue weighted by molar-refractivity contribution is -0.132. The zero-order valence-corrected chi connectivity index (χ0v) is 18.9. The number of sulfonamides is 1. The number of carbonyl (C=O) groups excluding carboxylic acids is 2. The number of thiophene rings is 1. The predicted molar refractivity (Wildman–Crippen MR) is 117 cm³/mol. The maximum Gasteiger partial charge on any atom is 0.240 e. The van der Waals surface area contributed by atoms with Crippen LogP contribution in [0.5, 0.6) is 0 Å². The molecule has 162 valence electrons. The Morgan fingerprint density at radius 2 is 1.90 bits per heavy atom. The van der Waals surface area contributed by atoms with E-state index in [0.717, 1.165) is 17.5 Å². The maximum atomic E-state index is 12.4. The summed E-state index contributed by atoms with van der Waals surface area (Å²) in [6.45, 7) is 5.36. The molecule has 0 saturated heterocycles. The lowest BCUT2D eigenvalue weighted by Gasteiger charge is -2.27. The van der Waals surface area contributed by atoms with Crippen LogP contribution in [0.1, 0.15) is 34.4 Å². The fourth-order valence-electron chi connectivity index (χ4n) is 3.28. The molecule has 0 bridgehead atoms. The Balaban J connectivity index is 1.37. The van der Waals surface area contributed by atoms with E-state index in [4.69, 9.17) is 0 Å². The molecule has 0 spiro atoms. The molecule has 0 unspecified atom stereocenters. The molecule has 0 aliphatic carbocycles. The maximum absolute atomic E-state index is 12.4. The molecule has 2 aromatic rings. The summed E-state index contributed by atoms with van der Waals surface area (Å²) in [6, 6.07) is 6.98. The first kappa shape index (κ1) is 22.5. The van der Waals surface area contributed by atoms with Gasteiger partial charge in [-0.25, -0.2) is 13.1 Å². The minimum Gasteiger partial charge on any atom is -0.356 e. The highest BCUT2D eigenvalue weighted by Crippen LogP contribution is 2.24. The summed E-state index contributed by atoms with van der Waals surface area (Å²) < 4.78 is 27.1. The van der Waals surface area contributed by atoms with Gasteiger partial charge in [-0.3, -0.25) is 9.59 Å². The van der Waals surface area contributed by atoms with Gasteiger partial charge < -0.3 is 10.2 Å². The number of nitrogens with one attached hydrogen (secondary N) is 2. The van der Waals surface area contributed by atoms with Crippen LogP contribution < -0.4 is 10.0 Å². The average molecular weight is 450 g/mol. The first-order valence-corrected chi connectivity index (χ1v) is 12.3. The second-order valence-corrected chi connectivity index (χ2v) is 10.2. The van der Waals surface area contributed by atoms with Crippen LogP contribution in [0.15, 0.2) is 34.5 Å². The second kappa shape index (κ2) is 9.72. The molecule has 2 N–H and O–H groups in total. The minimum atomic E-state index is -3.65. The monoisotopic (exact) mass is 449 g/mol. The SMILES string of the molecule is Cc1ccc(S(=O)(=O)NCCC(=O)NCCC(=O)N2CCc3sccc3C2)cc1C.